The summed E-state index contributed by atoms with van der Waals surface area (Å²) in [4.78, 5) is 23.2. The van der Waals surface area contributed by atoms with E-state index >= 15 is 0 Å². The predicted octanol–water partition coefficient (Wildman–Crippen LogP) is 4.85. The van der Waals surface area contributed by atoms with Gasteiger partial charge < -0.3 is 9.47 Å². The van der Waals surface area contributed by atoms with Crippen LogP contribution >= 0.6 is 15.9 Å². The second-order valence-electron chi connectivity index (χ2n) is 5.11. The van der Waals surface area contributed by atoms with E-state index in [2.05, 4.69) is 22.9 Å². The SMILES string of the molecule is CCCCCCCC(Br)OC(=O)c1ccccc1OC(C)=O. The number of ether oxygens (including phenoxy) is 2. The molecule has 0 fully saturated rings. The normalized spacial score (nSPS) is 11.8. The van der Waals surface area contributed by atoms with Crippen molar-refractivity contribution in [3.8, 4) is 5.75 Å². The molecule has 1 unspecified atom stereocenters. The van der Waals surface area contributed by atoms with Crippen molar-refractivity contribution in [1.82, 2.24) is 0 Å². The van der Waals surface area contributed by atoms with Gasteiger partial charge in [0.05, 0.1) is 0 Å². The van der Waals surface area contributed by atoms with Gasteiger partial charge in [0.25, 0.3) is 0 Å². The molecule has 1 aromatic rings. The van der Waals surface area contributed by atoms with Crippen LogP contribution in [-0.2, 0) is 9.53 Å². The Morgan fingerprint density at radius 3 is 2.50 bits per heavy atom. The molecule has 4 nitrogen and oxygen atoms in total. The molecule has 0 saturated heterocycles. The fourth-order valence-corrected chi connectivity index (χ4v) is 2.52. The smallest absolute Gasteiger partial charge is 0.343 e. The third-order valence-electron chi connectivity index (χ3n) is 3.13. The summed E-state index contributed by atoms with van der Waals surface area (Å²) < 4.78 is 10.4. The predicted molar refractivity (Wildman–Crippen MR) is 89.3 cm³/mol. The van der Waals surface area contributed by atoms with Gasteiger partial charge in [-0.2, -0.15) is 0 Å². The second kappa shape index (κ2) is 10.4. The zero-order valence-corrected chi connectivity index (χ0v) is 14.7. The molecule has 5 heteroatoms. The lowest BCUT2D eigenvalue weighted by atomic mass is 10.1. The fourth-order valence-electron chi connectivity index (χ4n) is 2.03. The lowest BCUT2D eigenvalue weighted by Gasteiger charge is -2.13. The summed E-state index contributed by atoms with van der Waals surface area (Å²) in [7, 11) is 0. The van der Waals surface area contributed by atoms with Gasteiger partial charge in [-0.05, 0) is 40.9 Å². The first-order valence-corrected chi connectivity index (χ1v) is 8.58. The number of esters is 2. The Labute approximate surface area is 140 Å². The van der Waals surface area contributed by atoms with E-state index in [1.165, 1.54) is 26.2 Å². The van der Waals surface area contributed by atoms with Gasteiger partial charge in [0, 0.05) is 6.92 Å². The van der Waals surface area contributed by atoms with Crippen molar-refractivity contribution in [1.29, 1.82) is 0 Å². The fraction of sp³-hybridized carbons (Fsp3) is 0.529. The minimum atomic E-state index is -0.493. The number of carbonyl (C=O) groups excluding carboxylic acids is 2. The van der Waals surface area contributed by atoms with E-state index in [0.717, 1.165) is 19.3 Å². The van der Waals surface area contributed by atoms with Crippen molar-refractivity contribution in [2.45, 2.75) is 57.4 Å². The van der Waals surface area contributed by atoms with Gasteiger partial charge in [-0.15, -0.1) is 0 Å². The van der Waals surface area contributed by atoms with E-state index in [1.54, 1.807) is 24.3 Å². The second-order valence-corrected chi connectivity index (χ2v) is 6.13. The molecule has 1 atom stereocenters. The molecule has 0 aliphatic carbocycles. The Hall–Kier alpha value is -1.36. The number of benzene rings is 1. The van der Waals surface area contributed by atoms with Crippen LogP contribution in [0, 0.1) is 0 Å². The van der Waals surface area contributed by atoms with Gasteiger partial charge in [0.15, 0.2) is 5.01 Å². The van der Waals surface area contributed by atoms with Crippen LogP contribution in [0.15, 0.2) is 24.3 Å². The van der Waals surface area contributed by atoms with Crippen molar-refractivity contribution in [3.63, 3.8) is 0 Å². The molecule has 0 N–H and O–H groups in total. The van der Waals surface area contributed by atoms with Gasteiger partial charge in [-0.25, -0.2) is 4.79 Å². The Bertz CT molecular complexity index is 487. The lowest BCUT2D eigenvalue weighted by Crippen LogP contribution is -2.14. The quantitative estimate of drug-likeness (QED) is 0.270. The van der Waals surface area contributed by atoms with Crippen molar-refractivity contribution >= 4 is 27.9 Å². The number of halogens is 1. The summed E-state index contributed by atoms with van der Waals surface area (Å²) in [5.41, 5.74) is 0.258. The van der Waals surface area contributed by atoms with Crippen LogP contribution in [0.3, 0.4) is 0 Å². The van der Waals surface area contributed by atoms with Gasteiger partial charge in [-0.3, -0.25) is 4.79 Å². The van der Waals surface area contributed by atoms with Gasteiger partial charge in [-0.1, -0.05) is 44.7 Å². The molecule has 1 aromatic carbocycles. The highest BCUT2D eigenvalue weighted by atomic mass is 79.9. The van der Waals surface area contributed by atoms with Crippen molar-refractivity contribution in [2.24, 2.45) is 0 Å². The Morgan fingerprint density at radius 2 is 1.82 bits per heavy atom. The lowest BCUT2D eigenvalue weighted by molar-refractivity contribution is -0.131. The number of rotatable bonds is 9. The topological polar surface area (TPSA) is 52.6 Å². The summed E-state index contributed by atoms with van der Waals surface area (Å²) in [5.74, 6) is -0.735. The van der Waals surface area contributed by atoms with E-state index in [-0.39, 0.29) is 16.3 Å². The maximum absolute atomic E-state index is 12.1. The van der Waals surface area contributed by atoms with Crippen LogP contribution in [0.1, 0.15) is 62.7 Å². The highest BCUT2D eigenvalue weighted by Crippen LogP contribution is 2.22. The van der Waals surface area contributed by atoms with Crippen LogP contribution in [-0.4, -0.2) is 17.0 Å². The minimum absolute atomic E-state index is 0.225. The molecule has 0 bridgehead atoms. The van der Waals surface area contributed by atoms with E-state index < -0.39 is 11.9 Å². The minimum Gasteiger partial charge on any atom is -0.447 e. The first-order chi connectivity index (χ1) is 10.5. The molecule has 0 heterocycles. The van der Waals surface area contributed by atoms with Crippen LogP contribution in [0.4, 0.5) is 0 Å². The number of para-hydroxylation sites is 1. The highest BCUT2D eigenvalue weighted by molar-refractivity contribution is 9.09. The maximum atomic E-state index is 12.1. The summed E-state index contributed by atoms with van der Waals surface area (Å²) in [6.07, 6.45) is 6.57. The summed E-state index contributed by atoms with van der Waals surface area (Å²) in [6.45, 7) is 3.47. The van der Waals surface area contributed by atoms with Crippen LogP contribution < -0.4 is 4.74 Å². The van der Waals surface area contributed by atoms with Crippen molar-refractivity contribution in [3.05, 3.63) is 29.8 Å². The first-order valence-electron chi connectivity index (χ1n) is 7.67. The van der Waals surface area contributed by atoms with Crippen LogP contribution in [0.5, 0.6) is 5.75 Å². The van der Waals surface area contributed by atoms with E-state index in [4.69, 9.17) is 9.47 Å². The molecule has 0 radical (unpaired) electrons. The molecule has 1 rings (SSSR count). The molecule has 0 amide bonds. The first kappa shape index (κ1) is 18.7. The number of unbranched alkanes of at least 4 members (excludes halogenated alkanes) is 4. The Balaban J connectivity index is 2.49. The van der Waals surface area contributed by atoms with Crippen LogP contribution in [0.2, 0.25) is 0 Å². The Kier molecular flexibility index (Phi) is 8.82. The molecule has 122 valence electrons. The van der Waals surface area contributed by atoms with Gasteiger partial charge in [0.1, 0.15) is 11.3 Å². The number of carbonyl (C=O) groups is 2. The highest BCUT2D eigenvalue weighted by Gasteiger charge is 2.18. The molecular weight excluding hydrogens is 348 g/mol. The average Bonchev–Trinajstić information content (AvgIpc) is 2.47. The summed E-state index contributed by atoms with van der Waals surface area (Å²) in [6, 6.07) is 6.57. The van der Waals surface area contributed by atoms with E-state index in [1.807, 2.05) is 0 Å². The summed E-state index contributed by atoms with van der Waals surface area (Å²) in [5, 5.41) is -0.327. The molecule has 0 spiro atoms. The van der Waals surface area contributed by atoms with Gasteiger partial charge in [0.2, 0.25) is 0 Å². The summed E-state index contributed by atoms with van der Waals surface area (Å²) >= 11 is 3.37. The van der Waals surface area contributed by atoms with E-state index in [9.17, 15) is 9.59 Å². The largest absolute Gasteiger partial charge is 0.447 e. The maximum Gasteiger partial charge on any atom is 0.343 e. The molecule has 0 aliphatic rings. The molecule has 0 aliphatic heterocycles. The zero-order valence-electron chi connectivity index (χ0n) is 13.1. The average molecular weight is 371 g/mol. The molecule has 0 saturated carbocycles. The number of hydrogen-bond donors (Lipinski definition) is 0. The molecular formula is C17H23BrO4. The third-order valence-corrected chi connectivity index (χ3v) is 3.77. The van der Waals surface area contributed by atoms with Crippen LogP contribution in [0.25, 0.3) is 0 Å². The number of alkyl halides is 1. The number of hydrogen-bond acceptors (Lipinski definition) is 4. The Morgan fingerprint density at radius 1 is 1.14 bits per heavy atom. The van der Waals surface area contributed by atoms with Crippen molar-refractivity contribution in [2.75, 3.05) is 0 Å². The third kappa shape index (κ3) is 7.07. The standard InChI is InChI=1S/C17H23BrO4/c1-3-4-5-6-7-12-16(18)22-17(20)14-10-8-9-11-15(14)21-13(2)19/h8-11,16H,3-7,12H2,1-2H3. The molecule has 0 aromatic heterocycles. The zero-order chi connectivity index (χ0) is 16.4. The van der Waals surface area contributed by atoms with E-state index in [0.29, 0.717) is 0 Å². The van der Waals surface area contributed by atoms with Crippen molar-refractivity contribution < 1.29 is 19.1 Å². The molecule has 22 heavy (non-hydrogen) atoms. The van der Waals surface area contributed by atoms with Gasteiger partial charge >= 0.3 is 11.9 Å². The monoisotopic (exact) mass is 370 g/mol.